The predicted molar refractivity (Wildman–Crippen MR) is 166 cm³/mol. The van der Waals surface area contributed by atoms with Gasteiger partial charge < -0.3 is 25.5 Å². The number of carbonyl (C=O) groups excluding carboxylic acids is 3. The lowest BCUT2D eigenvalue weighted by Gasteiger charge is -2.37. The van der Waals surface area contributed by atoms with E-state index in [1.807, 2.05) is 41.3 Å². The first-order chi connectivity index (χ1) is 21.4. The van der Waals surface area contributed by atoms with E-state index in [1.54, 1.807) is 60.8 Å². The normalized spacial score (nSPS) is 13.5. The lowest BCUT2D eigenvalue weighted by Crippen LogP contribution is -2.49. The second-order valence-corrected chi connectivity index (χ2v) is 10.5. The number of nitrogens with zero attached hydrogens (tertiary/aromatic N) is 3. The molecular formula is C34H33N5O5. The van der Waals surface area contributed by atoms with Gasteiger partial charge in [-0.25, -0.2) is 0 Å². The van der Waals surface area contributed by atoms with E-state index in [1.165, 1.54) is 6.20 Å². The van der Waals surface area contributed by atoms with E-state index in [4.69, 9.17) is 0 Å². The van der Waals surface area contributed by atoms with Crippen molar-refractivity contribution in [2.75, 3.05) is 36.4 Å². The summed E-state index contributed by atoms with van der Waals surface area (Å²) in [4.78, 5) is 59.0. The lowest BCUT2D eigenvalue weighted by molar-refractivity contribution is -0.137. The van der Waals surface area contributed by atoms with Crippen LogP contribution in [0, 0.1) is 0 Å². The average Bonchev–Trinajstić information content (AvgIpc) is 3.05. The molecule has 0 saturated carbocycles. The van der Waals surface area contributed by atoms with Gasteiger partial charge in [0.05, 0.1) is 30.3 Å². The zero-order valence-electron chi connectivity index (χ0n) is 24.1. The summed E-state index contributed by atoms with van der Waals surface area (Å²) in [6.07, 6.45) is 3.11. The molecule has 44 heavy (non-hydrogen) atoms. The molecule has 1 aromatic heterocycles. The molecule has 10 heteroatoms. The van der Waals surface area contributed by atoms with Crippen LogP contribution in [0.4, 0.5) is 11.4 Å². The van der Waals surface area contributed by atoms with Gasteiger partial charge in [-0.1, -0.05) is 54.6 Å². The monoisotopic (exact) mass is 591 g/mol. The second kappa shape index (κ2) is 14.1. The van der Waals surface area contributed by atoms with E-state index < -0.39 is 17.9 Å². The number of carbonyl (C=O) groups is 4. The summed E-state index contributed by atoms with van der Waals surface area (Å²) in [5, 5.41) is 15.2. The van der Waals surface area contributed by atoms with E-state index in [9.17, 15) is 24.3 Å². The molecule has 0 radical (unpaired) electrons. The van der Waals surface area contributed by atoms with Gasteiger partial charge in [0.15, 0.2) is 0 Å². The van der Waals surface area contributed by atoms with Crippen molar-refractivity contribution >= 4 is 35.1 Å². The highest BCUT2D eigenvalue weighted by Crippen LogP contribution is 2.30. The molecule has 5 rings (SSSR count). The lowest BCUT2D eigenvalue weighted by atomic mass is 10.0. The third-order valence-electron chi connectivity index (χ3n) is 7.49. The van der Waals surface area contributed by atoms with Crippen LogP contribution in [-0.4, -0.2) is 64.9 Å². The molecule has 0 bridgehead atoms. The van der Waals surface area contributed by atoms with Gasteiger partial charge in [-0.2, -0.15) is 0 Å². The van der Waals surface area contributed by atoms with Gasteiger partial charge in [-0.05, 0) is 47.5 Å². The van der Waals surface area contributed by atoms with Crippen molar-refractivity contribution in [3.05, 3.63) is 126 Å². The van der Waals surface area contributed by atoms with Crippen LogP contribution in [0.5, 0.6) is 0 Å². The van der Waals surface area contributed by atoms with Crippen molar-refractivity contribution in [3.63, 3.8) is 0 Å². The number of benzene rings is 3. The number of rotatable bonds is 10. The number of anilines is 2. The smallest absolute Gasteiger partial charge is 0.305 e. The van der Waals surface area contributed by atoms with E-state index >= 15 is 0 Å². The van der Waals surface area contributed by atoms with Gasteiger partial charge >= 0.3 is 5.97 Å². The number of amides is 3. The molecule has 3 aromatic carbocycles. The third-order valence-corrected chi connectivity index (χ3v) is 7.49. The summed E-state index contributed by atoms with van der Waals surface area (Å²) in [5.41, 5.74) is 3.41. The maximum atomic E-state index is 13.4. The molecule has 3 amide bonds. The number of nitrogens with one attached hydrogen (secondary N) is 2. The second-order valence-electron chi connectivity index (χ2n) is 10.5. The summed E-state index contributed by atoms with van der Waals surface area (Å²) >= 11 is 0. The maximum Gasteiger partial charge on any atom is 0.305 e. The highest BCUT2D eigenvalue weighted by molar-refractivity contribution is 6.07. The van der Waals surface area contributed by atoms with Crippen LogP contribution >= 0.6 is 0 Å². The fourth-order valence-corrected chi connectivity index (χ4v) is 5.17. The van der Waals surface area contributed by atoms with Crippen molar-refractivity contribution in [1.29, 1.82) is 0 Å². The van der Waals surface area contributed by atoms with Gasteiger partial charge in [-0.3, -0.25) is 24.2 Å². The number of hydrogen-bond acceptors (Lipinski definition) is 6. The molecule has 4 aromatic rings. The van der Waals surface area contributed by atoms with Crippen LogP contribution < -0.4 is 15.5 Å². The van der Waals surface area contributed by atoms with E-state index in [0.29, 0.717) is 49.4 Å². The Hall–Kier alpha value is -5.51. The number of aromatic nitrogens is 1. The SMILES string of the molecule is O=C(O)CC(NC(=O)c1ccc(N2CCN(C(=O)Cc3ccccc3)CC2)c(NC(=O)c2ccccc2)c1)c1cccnc1. The van der Waals surface area contributed by atoms with Gasteiger partial charge in [0, 0.05) is 49.7 Å². The molecule has 0 aliphatic carbocycles. The van der Waals surface area contributed by atoms with Crippen molar-refractivity contribution in [1.82, 2.24) is 15.2 Å². The van der Waals surface area contributed by atoms with E-state index in [0.717, 1.165) is 11.3 Å². The van der Waals surface area contributed by atoms with Crippen molar-refractivity contribution in [3.8, 4) is 0 Å². The summed E-state index contributed by atoms with van der Waals surface area (Å²) in [7, 11) is 0. The van der Waals surface area contributed by atoms with Crippen LogP contribution in [0.3, 0.4) is 0 Å². The molecule has 1 aliphatic rings. The van der Waals surface area contributed by atoms with Crippen molar-refractivity contribution in [2.24, 2.45) is 0 Å². The molecule has 10 nitrogen and oxygen atoms in total. The maximum absolute atomic E-state index is 13.4. The molecule has 1 atom stereocenters. The summed E-state index contributed by atoms with van der Waals surface area (Å²) in [5.74, 6) is -1.82. The number of carboxylic acids is 1. The Labute approximate surface area is 255 Å². The van der Waals surface area contributed by atoms with Crippen molar-refractivity contribution < 1.29 is 24.3 Å². The van der Waals surface area contributed by atoms with Gasteiger partial charge in [-0.15, -0.1) is 0 Å². The summed E-state index contributed by atoms with van der Waals surface area (Å²) in [6, 6.07) is 26.0. The molecular weight excluding hydrogens is 558 g/mol. The highest BCUT2D eigenvalue weighted by atomic mass is 16.4. The minimum Gasteiger partial charge on any atom is -0.481 e. The first-order valence-electron chi connectivity index (χ1n) is 14.4. The zero-order chi connectivity index (χ0) is 30.9. The summed E-state index contributed by atoms with van der Waals surface area (Å²) < 4.78 is 0. The van der Waals surface area contributed by atoms with Crippen LogP contribution in [0.15, 0.2) is 103 Å². The van der Waals surface area contributed by atoms with E-state index in [-0.39, 0.29) is 23.8 Å². The first kappa shape index (κ1) is 30.0. The molecule has 0 spiro atoms. The number of hydrogen-bond donors (Lipinski definition) is 3. The van der Waals surface area contributed by atoms with Crippen LogP contribution in [0.25, 0.3) is 0 Å². The minimum absolute atomic E-state index is 0.0602. The van der Waals surface area contributed by atoms with E-state index in [2.05, 4.69) is 20.5 Å². The molecule has 224 valence electrons. The van der Waals surface area contributed by atoms with Crippen molar-refractivity contribution in [2.45, 2.75) is 18.9 Å². The number of pyridine rings is 1. The van der Waals surface area contributed by atoms with Gasteiger partial charge in [0.1, 0.15) is 0 Å². The Kier molecular flexibility index (Phi) is 9.61. The molecule has 1 fully saturated rings. The minimum atomic E-state index is -1.06. The molecule has 1 aliphatic heterocycles. The number of carboxylic acid groups (broad SMARTS) is 1. The van der Waals surface area contributed by atoms with Gasteiger partial charge in [0.25, 0.3) is 11.8 Å². The molecule has 3 N–H and O–H groups in total. The topological polar surface area (TPSA) is 132 Å². The Bertz CT molecular complexity index is 1610. The van der Waals surface area contributed by atoms with Crippen LogP contribution in [0.1, 0.15) is 44.3 Å². The van der Waals surface area contributed by atoms with Crippen LogP contribution in [-0.2, 0) is 16.0 Å². The number of piperazine rings is 1. The Morgan fingerprint density at radius 3 is 2.16 bits per heavy atom. The molecule has 1 unspecified atom stereocenters. The summed E-state index contributed by atoms with van der Waals surface area (Å²) in [6.45, 7) is 2.12. The predicted octanol–water partition coefficient (Wildman–Crippen LogP) is 4.17. The quantitative estimate of drug-likeness (QED) is 0.252. The fourth-order valence-electron chi connectivity index (χ4n) is 5.17. The average molecular weight is 592 g/mol. The highest BCUT2D eigenvalue weighted by Gasteiger charge is 2.25. The first-order valence-corrected chi connectivity index (χ1v) is 14.4. The Balaban J connectivity index is 1.35. The molecule has 1 saturated heterocycles. The third kappa shape index (κ3) is 7.65. The van der Waals surface area contributed by atoms with Gasteiger partial charge in [0.2, 0.25) is 5.91 Å². The number of aliphatic carboxylic acids is 1. The zero-order valence-corrected chi connectivity index (χ0v) is 24.1. The molecule has 2 heterocycles. The fraction of sp³-hybridized carbons (Fsp3) is 0.206. The van der Waals surface area contributed by atoms with Crippen LogP contribution in [0.2, 0.25) is 0 Å². The standard InChI is InChI=1S/C34H33N5O5/c40-31(20-24-8-3-1-4-9-24)39-18-16-38(17-19-39)30-14-13-26(21-29(30)37-33(43)25-10-5-2-6-11-25)34(44)36-28(22-32(41)42)27-12-7-15-35-23-27/h1-15,21,23,28H,16-20,22H2,(H,36,44)(H,37,43)(H,41,42). The Morgan fingerprint density at radius 2 is 1.50 bits per heavy atom. The Morgan fingerprint density at radius 1 is 0.795 bits per heavy atom. The largest absolute Gasteiger partial charge is 0.481 e.